The molecule has 0 spiro atoms. The fourth-order valence-electron chi connectivity index (χ4n) is 2.59. The van der Waals surface area contributed by atoms with Crippen molar-refractivity contribution in [2.75, 3.05) is 6.54 Å². The van der Waals surface area contributed by atoms with Crippen LogP contribution in [0.2, 0.25) is 0 Å². The van der Waals surface area contributed by atoms with Crippen molar-refractivity contribution < 1.29 is 0 Å². The summed E-state index contributed by atoms with van der Waals surface area (Å²) in [6, 6.07) is 0.465. The topological polar surface area (TPSA) is 37.8 Å². The van der Waals surface area contributed by atoms with E-state index in [0.29, 0.717) is 6.04 Å². The number of nitrogens with one attached hydrogen (secondary N) is 1. The Morgan fingerprint density at radius 3 is 2.45 bits per heavy atom. The van der Waals surface area contributed by atoms with E-state index in [4.69, 9.17) is 0 Å². The summed E-state index contributed by atoms with van der Waals surface area (Å²) < 4.78 is 4.16. The van der Waals surface area contributed by atoms with Gasteiger partial charge in [-0.2, -0.15) is 0 Å². The van der Waals surface area contributed by atoms with Crippen molar-refractivity contribution >= 4 is 11.5 Å². The molecule has 0 fully saturated rings. The molecule has 0 amide bonds. The summed E-state index contributed by atoms with van der Waals surface area (Å²) >= 11 is 1.59. The highest BCUT2D eigenvalue weighted by molar-refractivity contribution is 7.05. The molecule has 0 saturated carbocycles. The first-order chi connectivity index (χ1) is 9.83. The van der Waals surface area contributed by atoms with Crippen molar-refractivity contribution in [1.29, 1.82) is 0 Å². The van der Waals surface area contributed by atoms with Crippen molar-refractivity contribution in [1.82, 2.24) is 14.9 Å². The van der Waals surface area contributed by atoms with E-state index >= 15 is 0 Å². The van der Waals surface area contributed by atoms with Crippen LogP contribution in [0, 0.1) is 0 Å². The van der Waals surface area contributed by atoms with Gasteiger partial charge in [0.15, 0.2) is 0 Å². The fourth-order valence-corrected chi connectivity index (χ4v) is 3.40. The molecule has 116 valence electrons. The average Bonchev–Trinajstić information content (AvgIpc) is 2.90. The Hall–Kier alpha value is -0.480. The molecular weight excluding hydrogens is 266 g/mol. The third-order valence-corrected chi connectivity index (χ3v) is 4.57. The maximum atomic E-state index is 4.31. The van der Waals surface area contributed by atoms with Gasteiger partial charge in [-0.05, 0) is 30.9 Å². The van der Waals surface area contributed by atoms with Crippen LogP contribution in [-0.4, -0.2) is 16.1 Å². The number of hydrogen-bond donors (Lipinski definition) is 1. The van der Waals surface area contributed by atoms with E-state index in [1.807, 2.05) is 0 Å². The zero-order chi connectivity index (χ0) is 14.6. The molecule has 4 heteroatoms. The van der Waals surface area contributed by atoms with E-state index in [2.05, 4.69) is 35.7 Å². The molecule has 0 aliphatic rings. The quantitative estimate of drug-likeness (QED) is 0.558. The molecule has 1 N–H and O–H groups in total. The zero-order valence-corrected chi connectivity index (χ0v) is 14.3. The van der Waals surface area contributed by atoms with Crippen LogP contribution in [0.4, 0.5) is 0 Å². The summed E-state index contributed by atoms with van der Waals surface area (Å²) in [5.41, 5.74) is 1.22. The van der Waals surface area contributed by atoms with Gasteiger partial charge in [0.05, 0.1) is 10.6 Å². The van der Waals surface area contributed by atoms with Gasteiger partial charge in [-0.25, -0.2) is 0 Å². The first kappa shape index (κ1) is 17.6. The molecule has 1 aromatic heterocycles. The Morgan fingerprint density at radius 2 is 1.75 bits per heavy atom. The normalized spacial score (nSPS) is 12.8. The average molecular weight is 298 g/mol. The van der Waals surface area contributed by atoms with Crippen molar-refractivity contribution in [2.24, 2.45) is 0 Å². The van der Waals surface area contributed by atoms with Gasteiger partial charge >= 0.3 is 0 Å². The SMILES string of the molecule is CCCCCCCCC(NCC)c1snnc1CCC. The smallest absolute Gasteiger partial charge is 0.0803 e. The minimum absolute atomic E-state index is 0.465. The number of aromatic nitrogens is 2. The largest absolute Gasteiger partial charge is 0.309 e. The van der Waals surface area contributed by atoms with Gasteiger partial charge in [0.2, 0.25) is 0 Å². The lowest BCUT2D eigenvalue weighted by Gasteiger charge is -2.17. The standard InChI is InChI=1S/C16H31N3S/c1-4-7-8-9-10-11-13-14(17-6-3)16-15(12-5-2)18-19-20-16/h14,17H,4-13H2,1-3H3. The van der Waals surface area contributed by atoms with Gasteiger partial charge in [0.25, 0.3) is 0 Å². The molecule has 0 bridgehead atoms. The van der Waals surface area contributed by atoms with Crippen LogP contribution in [0.5, 0.6) is 0 Å². The first-order valence-corrected chi connectivity index (χ1v) is 9.15. The van der Waals surface area contributed by atoms with Crippen LogP contribution in [0.1, 0.15) is 88.8 Å². The fraction of sp³-hybridized carbons (Fsp3) is 0.875. The molecular formula is C16H31N3S. The molecule has 0 aromatic carbocycles. The number of hydrogen-bond acceptors (Lipinski definition) is 4. The molecule has 0 aliphatic carbocycles. The monoisotopic (exact) mass is 297 g/mol. The van der Waals surface area contributed by atoms with Crippen LogP contribution in [-0.2, 0) is 6.42 Å². The lowest BCUT2D eigenvalue weighted by molar-refractivity contribution is 0.479. The summed E-state index contributed by atoms with van der Waals surface area (Å²) in [5.74, 6) is 0. The van der Waals surface area contributed by atoms with E-state index in [1.54, 1.807) is 11.5 Å². The summed E-state index contributed by atoms with van der Waals surface area (Å²) in [6.07, 6.45) is 11.6. The maximum absolute atomic E-state index is 4.31. The predicted molar refractivity (Wildman–Crippen MR) is 88.3 cm³/mol. The van der Waals surface area contributed by atoms with Gasteiger partial charge in [-0.15, -0.1) is 5.10 Å². The summed E-state index contributed by atoms with van der Waals surface area (Å²) in [6.45, 7) is 7.68. The first-order valence-electron chi connectivity index (χ1n) is 8.37. The maximum Gasteiger partial charge on any atom is 0.0803 e. The van der Waals surface area contributed by atoms with Gasteiger partial charge < -0.3 is 5.32 Å². The highest BCUT2D eigenvalue weighted by Gasteiger charge is 2.17. The Morgan fingerprint density at radius 1 is 1.00 bits per heavy atom. The van der Waals surface area contributed by atoms with Gasteiger partial charge in [0, 0.05) is 6.04 Å². The molecule has 0 saturated heterocycles. The van der Waals surface area contributed by atoms with Crippen molar-refractivity contribution in [3.05, 3.63) is 10.6 Å². The predicted octanol–water partition coefficient (Wildman–Crippen LogP) is 4.89. The van der Waals surface area contributed by atoms with E-state index in [0.717, 1.165) is 19.4 Å². The Labute approximate surface area is 128 Å². The molecule has 1 aromatic rings. The third-order valence-electron chi connectivity index (χ3n) is 3.69. The van der Waals surface area contributed by atoms with Crippen LogP contribution in [0.3, 0.4) is 0 Å². The second kappa shape index (κ2) is 11.2. The molecule has 1 rings (SSSR count). The highest BCUT2D eigenvalue weighted by Crippen LogP contribution is 2.26. The molecule has 3 nitrogen and oxygen atoms in total. The molecule has 1 unspecified atom stereocenters. The zero-order valence-electron chi connectivity index (χ0n) is 13.5. The van der Waals surface area contributed by atoms with Crippen LogP contribution in [0.25, 0.3) is 0 Å². The van der Waals surface area contributed by atoms with Gasteiger partial charge in [0.1, 0.15) is 0 Å². The van der Waals surface area contributed by atoms with Crippen LogP contribution >= 0.6 is 11.5 Å². The molecule has 1 heterocycles. The number of rotatable bonds is 12. The molecule has 1 atom stereocenters. The Kier molecular flexibility index (Phi) is 9.85. The van der Waals surface area contributed by atoms with Crippen LogP contribution < -0.4 is 5.32 Å². The van der Waals surface area contributed by atoms with E-state index in [1.165, 1.54) is 55.5 Å². The second-order valence-electron chi connectivity index (χ2n) is 5.50. The summed E-state index contributed by atoms with van der Waals surface area (Å²) in [4.78, 5) is 1.38. The van der Waals surface area contributed by atoms with Gasteiger partial charge in [-0.1, -0.05) is 70.2 Å². The number of unbranched alkanes of at least 4 members (excludes halogenated alkanes) is 5. The van der Waals surface area contributed by atoms with Crippen molar-refractivity contribution in [3.63, 3.8) is 0 Å². The second-order valence-corrected chi connectivity index (χ2v) is 6.29. The molecule has 20 heavy (non-hydrogen) atoms. The number of nitrogens with zero attached hydrogens (tertiary/aromatic N) is 2. The van der Waals surface area contributed by atoms with E-state index in [-0.39, 0.29) is 0 Å². The number of aryl methyl sites for hydroxylation is 1. The highest BCUT2D eigenvalue weighted by atomic mass is 32.1. The van der Waals surface area contributed by atoms with E-state index < -0.39 is 0 Å². The minimum atomic E-state index is 0.465. The van der Waals surface area contributed by atoms with E-state index in [9.17, 15) is 0 Å². The van der Waals surface area contributed by atoms with Crippen molar-refractivity contribution in [3.8, 4) is 0 Å². The lowest BCUT2D eigenvalue weighted by atomic mass is 10.0. The Bertz CT molecular complexity index is 338. The van der Waals surface area contributed by atoms with Crippen molar-refractivity contribution in [2.45, 2.75) is 84.6 Å². The molecule has 0 aliphatic heterocycles. The van der Waals surface area contributed by atoms with Gasteiger partial charge in [-0.3, -0.25) is 0 Å². The summed E-state index contributed by atoms with van der Waals surface area (Å²) in [7, 11) is 0. The third kappa shape index (κ3) is 6.31. The minimum Gasteiger partial charge on any atom is -0.309 e. The van der Waals surface area contributed by atoms with Crippen LogP contribution in [0.15, 0.2) is 0 Å². The summed E-state index contributed by atoms with van der Waals surface area (Å²) in [5, 5.41) is 7.92. The Balaban J connectivity index is 2.41. The lowest BCUT2D eigenvalue weighted by Crippen LogP contribution is -2.21. The molecule has 0 radical (unpaired) electrons.